The zero-order valence-corrected chi connectivity index (χ0v) is 13.7. The molecule has 0 saturated carbocycles. The van der Waals surface area contributed by atoms with Crippen molar-refractivity contribution in [2.45, 2.75) is 17.9 Å². The molecule has 0 radical (unpaired) electrons. The average molecular weight is 357 g/mol. The number of hydrogen-bond donors (Lipinski definition) is 2. The smallest absolute Gasteiger partial charge is 0.242 e. The number of anilines is 1. The molecule has 8 heteroatoms. The summed E-state index contributed by atoms with van der Waals surface area (Å²) in [4.78, 5) is 12.0. The zero-order valence-electron chi connectivity index (χ0n) is 12.1. The van der Waals surface area contributed by atoms with Crippen LogP contribution in [0, 0.1) is 5.82 Å². The van der Waals surface area contributed by atoms with E-state index in [1.807, 2.05) is 0 Å². The van der Waals surface area contributed by atoms with Crippen molar-refractivity contribution in [2.24, 2.45) is 0 Å². The summed E-state index contributed by atoms with van der Waals surface area (Å²) >= 11 is 5.76. The Morgan fingerprint density at radius 3 is 2.52 bits per heavy atom. The lowest BCUT2D eigenvalue weighted by molar-refractivity contribution is -0.117. The highest BCUT2D eigenvalue weighted by atomic mass is 35.5. The molecule has 1 atom stereocenters. The Morgan fingerprint density at radius 1 is 1.17 bits per heavy atom. The number of nitrogens with one attached hydrogen (secondary N) is 2. The van der Waals surface area contributed by atoms with Gasteiger partial charge in [-0.05, 0) is 37.3 Å². The van der Waals surface area contributed by atoms with E-state index in [1.54, 1.807) is 6.07 Å². The van der Waals surface area contributed by atoms with Crippen molar-refractivity contribution in [3.05, 3.63) is 59.4 Å². The molecule has 1 amide bonds. The fourth-order valence-corrected chi connectivity index (χ4v) is 3.30. The molecule has 0 heterocycles. The molecule has 2 aromatic carbocycles. The second kappa shape index (κ2) is 7.08. The number of sulfonamides is 1. The number of hydrogen-bond acceptors (Lipinski definition) is 3. The molecule has 0 fully saturated rings. The Bertz CT molecular complexity index is 827. The van der Waals surface area contributed by atoms with Gasteiger partial charge < -0.3 is 5.32 Å². The number of benzene rings is 2. The monoisotopic (exact) mass is 356 g/mol. The Labute approximate surface area is 138 Å². The average Bonchev–Trinajstić information content (AvgIpc) is 2.49. The van der Waals surface area contributed by atoms with Crippen molar-refractivity contribution < 1.29 is 17.6 Å². The van der Waals surface area contributed by atoms with Crippen molar-refractivity contribution >= 4 is 33.2 Å². The first kappa shape index (κ1) is 17.4. The quantitative estimate of drug-likeness (QED) is 0.865. The van der Waals surface area contributed by atoms with E-state index in [4.69, 9.17) is 11.6 Å². The van der Waals surface area contributed by atoms with Gasteiger partial charge in [-0.2, -0.15) is 4.72 Å². The van der Waals surface area contributed by atoms with Gasteiger partial charge in [0.15, 0.2) is 0 Å². The van der Waals surface area contributed by atoms with Crippen LogP contribution in [0.15, 0.2) is 53.4 Å². The molecule has 122 valence electrons. The number of halogens is 2. The number of amides is 1. The van der Waals surface area contributed by atoms with Gasteiger partial charge >= 0.3 is 0 Å². The molecular formula is C15H14ClFN2O3S. The predicted octanol–water partition coefficient (Wildman–Crippen LogP) is 2.78. The summed E-state index contributed by atoms with van der Waals surface area (Å²) in [6, 6.07) is 10.2. The zero-order chi connectivity index (χ0) is 17.0. The van der Waals surface area contributed by atoms with Crippen molar-refractivity contribution in [1.29, 1.82) is 0 Å². The van der Waals surface area contributed by atoms with Crippen molar-refractivity contribution in [2.75, 3.05) is 5.32 Å². The minimum absolute atomic E-state index is 0.0219. The van der Waals surface area contributed by atoms with Gasteiger partial charge in [-0.25, -0.2) is 12.8 Å². The van der Waals surface area contributed by atoms with Crippen LogP contribution in [0.4, 0.5) is 10.1 Å². The van der Waals surface area contributed by atoms with Gasteiger partial charge in [-0.1, -0.05) is 29.8 Å². The number of para-hydroxylation sites is 1. The maximum Gasteiger partial charge on any atom is 0.242 e. The van der Waals surface area contributed by atoms with E-state index < -0.39 is 27.8 Å². The van der Waals surface area contributed by atoms with E-state index in [2.05, 4.69) is 10.0 Å². The third-order valence-corrected chi connectivity index (χ3v) is 4.74. The molecule has 0 aromatic heterocycles. The highest BCUT2D eigenvalue weighted by molar-refractivity contribution is 7.89. The van der Waals surface area contributed by atoms with Crippen molar-refractivity contribution in [3.63, 3.8) is 0 Å². The lowest BCUT2D eigenvalue weighted by Crippen LogP contribution is -2.41. The minimum Gasteiger partial charge on any atom is -0.322 e. The summed E-state index contributed by atoms with van der Waals surface area (Å²) in [5, 5.41) is 2.59. The summed E-state index contributed by atoms with van der Waals surface area (Å²) in [6.45, 7) is 1.36. The van der Waals surface area contributed by atoms with Crippen LogP contribution in [-0.4, -0.2) is 20.4 Å². The molecule has 0 saturated heterocycles. The first-order valence-corrected chi connectivity index (χ1v) is 8.49. The number of rotatable bonds is 5. The summed E-state index contributed by atoms with van der Waals surface area (Å²) in [5.41, 5.74) is -0.0219. The fraction of sp³-hybridized carbons (Fsp3) is 0.133. The van der Waals surface area contributed by atoms with E-state index in [9.17, 15) is 17.6 Å². The molecule has 0 aliphatic carbocycles. The molecular weight excluding hydrogens is 343 g/mol. The normalized spacial score (nSPS) is 12.7. The number of carbonyl (C=O) groups is 1. The molecule has 0 unspecified atom stereocenters. The number of carbonyl (C=O) groups excluding carboxylic acids is 1. The molecule has 2 rings (SSSR count). The Balaban J connectivity index is 2.10. The maximum absolute atomic E-state index is 13.5. The van der Waals surface area contributed by atoms with Crippen LogP contribution in [0.3, 0.4) is 0 Å². The third kappa shape index (κ3) is 4.51. The fourth-order valence-electron chi connectivity index (χ4n) is 1.79. The Hall–Kier alpha value is -1.96. The first-order valence-electron chi connectivity index (χ1n) is 6.63. The van der Waals surface area contributed by atoms with Crippen LogP contribution in [-0.2, 0) is 14.8 Å². The largest absolute Gasteiger partial charge is 0.322 e. The summed E-state index contributed by atoms with van der Waals surface area (Å²) in [5.74, 6) is -1.29. The summed E-state index contributed by atoms with van der Waals surface area (Å²) in [6.07, 6.45) is 0. The van der Waals surface area contributed by atoms with E-state index in [0.29, 0.717) is 0 Å². The van der Waals surface area contributed by atoms with Gasteiger partial charge in [0.1, 0.15) is 5.82 Å². The van der Waals surface area contributed by atoms with E-state index in [1.165, 1.54) is 49.4 Å². The SMILES string of the molecule is C[C@H](NS(=O)(=O)c1cccc(Cl)c1)C(=O)Nc1ccccc1F. The molecule has 5 nitrogen and oxygen atoms in total. The third-order valence-electron chi connectivity index (χ3n) is 2.96. The molecule has 2 N–H and O–H groups in total. The molecule has 2 aromatic rings. The molecule has 0 aliphatic rings. The molecule has 0 aliphatic heterocycles. The topological polar surface area (TPSA) is 75.3 Å². The van der Waals surface area contributed by atoms with Crippen LogP contribution >= 0.6 is 11.6 Å². The van der Waals surface area contributed by atoms with Gasteiger partial charge in [-0.3, -0.25) is 4.79 Å². The van der Waals surface area contributed by atoms with Crippen molar-refractivity contribution in [1.82, 2.24) is 4.72 Å². The lowest BCUT2D eigenvalue weighted by Gasteiger charge is -2.15. The standard InChI is InChI=1S/C15H14ClFN2O3S/c1-10(15(20)18-14-8-3-2-7-13(14)17)19-23(21,22)12-6-4-5-11(16)9-12/h2-10,19H,1H3,(H,18,20)/t10-/m0/s1. The molecule has 23 heavy (non-hydrogen) atoms. The highest BCUT2D eigenvalue weighted by Crippen LogP contribution is 2.16. The molecule has 0 spiro atoms. The van der Waals surface area contributed by atoms with Gasteiger partial charge in [0.25, 0.3) is 0 Å². The molecule has 0 bridgehead atoms. The Kier molecular flexibility index (Phi) is 5.35. The summed E-state index contributed by atoms with van der Waals surface area (Å²) in [7, 11) is -3.92. The van der Waals surface area contributed by atoms with Crippen LogP contribution in [0.2, 0.25) is 5.02 Å². The Morgan fingerprint density at radius 2 is 1.87 bits per heavy atom. The lowest BCUT2D eigenvalue weighted by atomic mass is 10.2. The van der Waals surface area contributed by atoms with Crippen LogP contribution < -0.4 is 10.0 Å². The predicted molar refractivity (Wildman–Crippen MR) is 86.3 cm³/mol. The van der Waals surface area contributed by atoms with Crippen molar-refractivity contribution in [3.8, 4) is 0 Å². The van der Waals surface area contributed by atoms with Gasteiger partial charge in [-0.15, -0.1) is 0 Å². The highest BCUT2D eigenvalue weighted by Gasteiger charge is 2.22. The van der Waals surface area contributed by atoms with E-state index >= 15 is 0 Å². The van der Waals surface area contributed by atoms with Crippen LogP contribution in [0.25, 0.3) is 0 Å². The van der Waals surface area contributed by atoms with E-state index in [0.717, 1.165) is 0 Å². The summed E-state index contributed by atoms with van der Waals surface area (Å²) < 4.78 is 40.1. The second-order valence-electron chi connectivity index (χ2n) is 4.77. The van der Waals surface area contributed by atoms with Crippen LogP contribution in [0.5, 0.6) is 0 Å². The van der Waals surface area contributed by atoms with Gasteiger partial charge in [0.05, 0.1) is 16.6 Å². The minimum atomic E-state index is -3.92. The first-order chi connectivity index (χ1) is 10.8. The van der Waals surface area contributed by atoms with E-state index in [-0.39, 0.29) is 15.6 Å². The maximum atomic E-state index is 13.5. The van der Waals surface area contributed by atoms with Gasteiger partial charge in [0.2, 0.25) is 15.9 Å². The second-order valence-corrected chi connectivity index (χ2v) is 6.92. The van der Waals surface area contributed by atoms with Gasteiger partial charge in [0, 0.05) is 5.02 Å². The van der Waals surface area contributed by atoms with Crippen LogP contribution in [0.1, 0.15) is 6.92 Å².